The molecule has 0 fully saturated rings. The molecule has 2 N–H and O–H groups in total. The Kier molecular flexibility index (Phi) is 3.41. The molecule has 0 radical (unpaired) electrons. The molecule has 0 heterocycles. The van der Waals surface area contributed by atoms with E-state index in [0.29, 0.717) is 5.56 Å². The van der Waals surface area contributed by atoms with Gasteiger partial charge in [0.05, 0.1) is 7.11 Å². The summed E-state index contributed by atoms with van der Waals surface area (Å²) in [6, 6.07) is 4.16. The predicted octanol–water partition coefficient (Wildman–Crippen LogP) is 1.31. The highest BCUT2D eigenvalue weighted by Crippen LogP contribution is 2.17. The minimum absolute atomic E-state index is 0.144. The molecular weight excluding hydrogens is 187 g/mol. The number of halogens is 1. The number of hydrogen-bond donors (Lipinski definition) is 2. The first kappa shape index (κ1) is 10.5. The minimum atomic E-state index is -0.519. The van der Waals surface area contributed by atoms with E-state index in [4.69, 9.17) is 10.1 Å². The number of nitrogens with one attached hydrogen (secondary N) is 2. The largest absolute Gasteiger partial charge is 0.494 e. The van der Waals surface area contributed by atoms with Crippen LogP contribution in [-0.2, 0) is 4.84 Å². The molecule has 0 aliphatic rings. The third-order valence-corrected chi connectivity index (χ3v) is 1.62. The van der Waals surface area contributed by atoms with Crippen molar-refractivity contribution < 1.29 is 14.0 Å². The Labute approximate surface area is 81.1 Å². The zero-order valence-electron chi connectivity index (χ0n) is 7.93. The Morgan fingerprint density at radius 3 is 2.71 bits per heavy atom. The molecule has 0 unspecified atom stereocenters. The molecule has 0 bridgehead atoms. The van der Waals surface area contributed by atoms with Crippen LogP contribution in [0.5, 0.6) is 5.75 Å². The molecule has 0 atom stereocenters. The van der Waals surface area contributed by atoms with Gasteiger partial charge in [-0.3, -0.25) is 5.41 Å². The van der Waals surface area contributed by atoms with Crippen LogP contribution in [0.25, 0.3) is 0 Å². The lowest BCUT2D eigenvalue weighted by Gasteiger charge is -2.06. The first-order chi connectivity index (χ1) is 6.69. The van der Waals surface area contributed by atoms with Gasteiger partial charge < -0.3 is 9.57 Å². The van der Waals surface area contributed by atoms with Gasteiger partial charge in [-0.1, -0.05) is 0 Å². The molecule has 1 aromatic rings. The fourth-order valence-electron chi connectivity index (χ4n) is 0.969. The minimum Gasteiger partial charge on any atom is -0.494 e. The normalized spacial score (nSPS) is 9.64. The molecule has 0 saturated carbocycles. The molecule has 0 saturated heterocycles. The lowest BCUT2D eigenvalue weighted by atomic mass is 10.2. The molecular formula is C9H11FN2O2. The number of methoxy groups -OCH3 is 1. The molecule has 1 rings (SSSR count). The Bertz CT molecular complexity index is 342. The van der Waals surface area contributed by atoms with Crippen LogP contribution in [0.1, 0.15) is 5.56 Å². The lowest BCUT2D eigenvalue weighted by Crippen LogP contribution is -2.15. The molecule has 76 valence electrons. The van der Waals surface area contributed by atoms with E-state index in [2.05, 4.69) is 10.3 Å². The highest BCUT2D eigenvalue weighted by molar-refractivity contribution is 5.91. The van der Waals surface area contributed by atoms with Crippen molar-refractivity contribution in [1.29, 1.82) is 5.41 Å². The first-order valence-electron chi connectivity index (χ1n) is 3.95. The van der Waals surface area contributed by atoms with Crippen LogP contribution in [0.15, 0.2) is 18.2 Å². The van der Waals surface area contributed by atoms with E-state index in [1.54, 1.807) is 6.07 Å². The van der Waals surface area contributed by atoms with E-state index in [1.807, 2.05) is 0 Å². The second-order valence-electron chi connectivity index (χ2n) is 2.48. The van der Waals surface area contributed by atoms with Gasteiger partial charge in [0.15, 0.2) is 11.6 Å². The van der Waals surface area contributed by atoms with Crippen LogP contribution >= 0.6 is 0 Å². The third-order valence-electron chi connectivity index (χ3n) is 1.62. The summed E-state index contributed by atoms with van der Waals surface area (Å²) >= 11 is 0. The Morgan fingerprint density at radius 1 is 1.50 bits per heavy atom. The van der Waals surface area contributed by atoms with Crippen molar-refractivity contribution >= 4 is 5.90 Å². The van der Waals surface area contributed by atoms with Crippen molar-refractivity contribution in [1.82, 2.24) is 5.48 Å². The summed E-state index contributed by atoms with van der Waals surface area (Å²) in [6.45, 7) is 0. The molecule has 0 aliphatic carbocycles. The monoisotopic (exact) mass is 198 g/mol. The van der Waals surface area contributed by atoms with Gasteiger partial charge in [0.25, 0.3) is 0 Å². The SMILES string of the molecule is CNOC(=N)c1ccc(OC)c(F)c1. The first-order valence-corrected chi connectivity index (χ1v) is 3.95. The molecule has 14 heavy (non-hydrogen) atoms. The molecule has 4 nitrogen and oxygen atoms in total. The number of rotatable bonds is 3. The van der Waals surface area contributed by atoms with Crippen LogP contribution in [0, 0.1) is 11.2 Å². The quantitative estimate of drug-likeness (QED) is 0.437. The van der Waals surface area contributed by atoms with Crippen molar-refractivity contribution in [3.8, 4) is 5.75 Å². The second-order valence-corrected chi connectivity index (χ2v) is 2.48. The van der Waals surface area contributed by atoms with E-state index in [1.165, 1.54) is 26.3 Å². The third kappa shape index (κ3) is 2.20. The number of hydroxylamine groups is 1. The van der Waals surface area contributed by atoms with Crippen molar-refractivity contribution in [2.24, 2.45) is 0 Å². The molecule has 1 aromatic carbocycles. The summed E-state index contributed by atoms with van der Waals surface area (Å²) in [5, 5.41) is 7.36. The van der Waals surface area contributed by atoms with Gasteiger partial charge in [0.2, 0.25) is 5.90 Å². The summed E-state index contributed by atoms with van der Waals surface area (Å²) in [4.78, 5) is 4.68. The average molecular weight is 198 g/mol. The average Bonchev–Trinajstić information content (AvgIpc) is 2.18. The molecule has 0 aromatic heterocycles. The maximum Gasteiger partial charge on any atom is 0.237 e. The summed E-state index contributed by atoms with van der Waals surface area (Å²) in [5.41, 5.74) is 2.68. The number of benzene rings is 1. The fourth-order valence-corrected chi connectivity index (χ4v) is 0.969. The van der Waals surface area contributed by atoms with E-state index in [9.17, 15) is 4.39 Å². The van der Waals surface area contributed by atoms with E-state index < -0.39 is 5.82 Å². The van der Waals surface area contributed by atoms with Crippen molar-refractivity contribution in [3.05, 3.63) is 29.6 Å². The van der Waals surface area contributed by atoms with E-state index in [0.717, 1.165) is 0 Å². The van der Waals surface area contributed by atoms with E-state index in [-0.39, 0.29) is 11.6 Å². The smallest absolute Gasteiger partial charge is 0.237 e. The highest BCUT2D eigenvalue weighted by Gasteiger charge is 2.07. The highest BCUT2D eigenvalue weighted by atomic mass is 19.1. The zero-order valence-corrected chi connectivity index (χ0v) is 7.93. The fraction of sp³-hybridized carbons (Fsp3) is 0.222. The lowest BCUT2D eigenvalue weighted by molar-refractivity contribution is 0.207. The van der Waals surface area contributed by atoms with Gasteiger partial charge in [-0.15, -0.1) is 0 Å². The predicted molar refractivity (Wildman–Crippen MR) is 49.9 cm³/mol. The number of ether oxygens (including phenoxy) is 1. The Hall–Kier alpha value is -1.62. The summed E-state index contributed by atoms with van der Waals surface area (Å²) < 4.78 is 17.9. The zero-order chi connectivity index (χ0) is 10.6. The van der Waals surface area contributed by atoms with Crippen molar-refractivity contribution in [2.45, 2.75) is 0 Å². The van der Waals surface area contributed by atoms with Gasteiger partial charge in [0.1, 0.15) is 0 Å². The molecule has 0 spiro atoms. The summed E-state index contributed by atoms with van der Waals surface area (Å²) in [5.74, 6) is -0.519. The Morgan fingerprint density at radius 2 is 2.21 bits per heavy atom. The van der Waals surface area contributed by atoms with Crippen molar-refractivity contribution in [2.75, 3.05) is 14.2 Å². The van der Waals surface area contributed by atoms with Crippen LogP contribution in [0.4, 0.5) is 4.39 Å². The van der Waals surface area contributed by atoms with Gasteiger partial charge in [0, 0.05) is 12.6 Å². The second kappa shape index (κ2) is 4.57. The van der Waals surface area contributed by atoms with Crippen LogP contribution in [-0.4, -0.2) is 20.1 Å². The van der Waals surface area contributed by atoms with Crippen molar-refractivity contribution in [3.63, 3.8) is 0 Å². The maximum absolute atomic E-state index is 13.2. The van der Waals surface area contributed by atoms with E-state index >= 15 is 0 Å². The molecule has 0 amide bonds. The summed E-state index contributed by atoms with van der Waals surface area (Å²) in [6.07, 6.45) is 0. The van der Waals surface area contributed by atoms with Gasteiger partial charge >= 0.3 is 0 Å². The molecule has 5 heteroatoms. The van der Waals surface area contributed by atoms with Gasteiger partial charge in [-0.25, -0.2) is 4.39 Å². The van der Waals surface area contributed by atoms with Gasteiger partial charge in [-0.05, 0) is 18.2 Å². The maximum atomic E-state index is 13.2. The van der Waals surface area contributed by atoms with Gasteiger partial charge in [-0.2, -0.15) is 5.48 Å². The van der Waals surface area contributed by atoms with Crippen LogP contribution in [0.2, 0.25) is 0 Å². The molecule has 0 aliphatic heterocycles. The Balaban J connectivity index is 2.91. The van der Waals surface area contributed by atoms with Crippen LogP contribution < -0.4 is 10.2 Å². The topological polar surface area (TPSA) is 54.3 Å². The standard InChI is InChI=1S/C9H11FN2O2/c1-12-14-9(11)6-3-4-8(13-2)7(10)5-6/h3-5,11-12H,1-2H3. The summed E-state index contributed by atoms with van der Waals surface area (Å²) in [7, 11) is 2.90. The number of hydrogen-bond acceptors (Lipinski definition) is 4. The van der Waals surface area contributed by atoms with Crippen LogP contribution in [0.3, 0.4) is 0 Å².